The molecule has 12 nitrogen and oxygen atoms in total. The molecule has 2 aromatic carbocycles. The minimum absolute atomic E-state index is 0.00665. The lowest BCUT2D eigenvalue weighted by Crippen LogP contribution is -2.57. The van der Waals surface area contributed by atoms with Gasteiger partial charge in [-0.15, -0.1) is 0 Å². The Hall–Kier alpha value is -3.84. The first-order valence-electron chi connectivity index (χ1n) is 11.4. The molecular formula is C24H24Cl2N6O6. The normalized spacial score (nSPS) is 14.1. The van der Waals surface area contributed by atoms with Crippen molar-refractivity contribution in [3.63, 3.8) is 0 Å². The summed E-state index contributed by atoms with van der Waals surface area (Å²) in [6, 6.07) is 8.59. The van der Waals surface area contributed by atoms with Crippen molar-refractivity contribution in [3.05, 3.63) is 68.9 Å². The van der Waals surface area contributed by atoms with Gasteiger partial charge in [0, 0.05) is 24.0 Å². The van der Waals surface area contributed by atoms with Gasteiger partial charge in [-0.25, -0.2) is 15.6 Å². The Morgan fingerprint density at radius 2 is 1.97 bits per heavy atom. The fraction of sp³-hybridized carbons (Fsp3) is 0.250. The second-order valence-corrected chi connectivity index (χ2v) is 9.11. The van der Waals surface area contributed by atoms with Gasteiger partial charge in [-0.3, -0.25) is 15.0 Å². The van der Waals surface area contributed by atoms with E-state index in [4.69, 9.17) is 38.6 Å². The number of aliphatic imine (C=N–C) groups is 1. The Bertz CT molecular complexity index is 1420. The molecule has 4 rings (SSSR count). The number of nitrogens with two attached hydrogens (primary N) is 1. The van der Waals surface area contributed by atoms with E-state index in [0.29, 0.717) is 35.2 Å². The highest BCUT2D eigenvalue weighted by Crippen LogP contribution is 2.35. The zero-order valence-corrected chi connectivity index (χ0v) is 21.3. The Kier molecular flexibility index (Phi) is 8.37. The Morgan fingerprint density at radius 3 is 2.68 bits per heavy atom. The van der Waals surface area contributed by atoms with Crippen molar-refractivity contribution in [2.45, 2.75) is 19.1 Å². The standard InChI is InChI=1S/C24H24Cl2N6O6/c25-16-9-14-11-32(22(35)13-2-1-12-4-8-38-17(12)10-13)6-3-15(14)19(26)18(16)21(34)29-20(23(36)37)30-24(31-27)28-5-7-33/h1-2,4,8-10,20,33H,3,5-7,11,27H2,(H,29,34)(H,36,37)(H2,28,30,31)/t20-/m0/s1. The van der Waals surface area contributed by atoms with Gasteiger partial charge in [0.1, 0.15) is 5.58 Å². The summed E-state index contributed by atoms with van der Waals surface area (Å²) >= 11 is 13.0. The number of benzene rings is 2. The molecule has 0 radical (unpaired) electrons. The highest BCUT2D eigenvalue weighted by atomic mass is 35.5. The van der Waals surface area contributed by atoms with Gasteiger partial charge in [0.05, 0.1) is 35.0 Å². The first kappa shape index (κ1) is 27.2. The number of hydrazine groups is 1. The number of hydrogen-bond donors (Lipinski definition) is 6. The van der Waals surface area contributed by atoms with Gasteiger partial charge in [0.15, 0.2) is 0 Å². The van der Waals surface area contributed by atoms with Crippen LogP contribution in [0.15, 0.2) is 46.0 Å². The Labute approximate surface area is 226 Å². The van der Waals surface area contributed by atoms with E-state index in [1.165, 1.54) is 0 Å². The number of nitrogens with one attached hydrogen (secondary N) is 3. The summed E-state index contributed by atoms with van der Waals surface area (Å²) in [5.41, 5.74) is 4.46. The van der Waals surface area contributed by atoms with Crippen LogP contribution in [-0.2, 0) is 17.8 Å². The minimum Gasteiger partial charge on any atom is -0.478 e. The molecule has 1 atom stereocenters. The molecule has 0 bridgehead atoms. The summed E-state index contributed by atoms with van der Waals surface area (Å²) in [4.78, 5) is 43.3. The minimum atomic E-state index is -1.64. The summed E-state index contributed by atoms with van der Waals surface area (Å²) in [5, 5.41) is 24.1. The Morgan fingerprint density at radius 1 is 1.18 bits per heavy atom. The Balaban J connectivity index is 1.53. The second kappa shape index (κ2) is 11.7. The lowest BCUT2D eigenvalue weighted by Gasteiger charge is -2.30. The van der Waals surface area contributed by atoms with Crippen molar-refractivity contribution >= 4 is 57.9 Å². The average Bonchev–Trinajstić information content (AvgIpc) is 3.37. The van der Waals surface area contributed by atoms with Gasteiger partial charge in [-0.2, -0.15) is 0 Å². The number of furan rings is 1. The third kappa shape index (κ3) is 5.68. The molecule has 200 valence electrons. The fourth-order valence-electron chi connectivity index (χ4n) is 4.10. The van der Waals surface area contributed by atoms with Crippen LogP contribution in [0, 0.1) is 0 Å². The lowest BCUT2D eigenvalue weighted by molar-refractivity contribution is -0.139. The predicted molar refractivity (Wildman–Crippen MR) is 140 cm³/mol. The van der Waals surface area contributed by atoms with E-state index in [1.807, 2.05) is 12.1 Å². The molecule has 0 unspecified atom stereocenters. The van der Waals surface area contributed by atoms with Gasteiger partial charge in [-0.05, 0) is 41.8 Å². The zero-order chi connectivity index (χ0) is 27.4. The van der Waals surface area contributed by atoms with Crippen molar-refractivity contribution in [2.75, 3.05) is 19.7 Å². The van der Waals surface area contributed by atoms with E-state index in [1.54, 1.807) is 29.4 Å². The molecule has 0 saturated heterocycles. The van der Waals surface area contributed by atoms with Crippen LogP contribution in [0.5, 0.6) is 0 Å². The summed E-state index contributed by atoms with van der Waals surface area (Å²) in [7, 11) is 0. The number of carbonyl (C=O) groups is 3. The topological polar surface area (TPSA) is 183 Å². The van der Waals surface area contributed by atoms with Crippen LogP contribution < -0.4 is 21.9 Å². The number of hydrogen-bond acceptors (Lipinski definition) is 7. The molecule has 0 aliphatic carbocycles. The maximum absolute atomic E-state index is 13.1. The number of aliphatic hydroxyl groups is 1. The maximum atomic E-state index is 13.1. The smallest absolute Gasteiger partial charge is 0.347 e. The van der Waals surface area contributed by atoms with Gasteiger partial charge in [0.25, 0.3) is 11.8 Å². The number of aliphatic carboxylic acids is 1. The van der Waals surface area contributed by atoms with Crippen molar-refractivity contribution in [1.29, 1.82) is 0 Å². The number of carbonyl (C=O) groups excluding carboxylic acids is 2. The van der Waals surface area contributed by atoms with Crippen LogP contribution in [0.1, 0.15) is 31.8 Å². The molecular weight excluding hydrogens is 539 g/mol. The summed E-state index contributed by atoms with van der Waals surface area (Å²) < 4.78 is 5.40. The number of nitrogens with zero attached hydrogens (tertiary/aromatic N) is 2. The monoisotopic (exact) mass is 562 g/mol. The maximum Gasteiger partial charge on any atom is 0.347 e. The number of fused-ring (bicyclic) bond motifs is 2. The van der Waals surface area contributed by atoms with Crippen LogP contribution in [0.2, 0.25) is 10.0 Å². The number of aliphatic hydroxyl groups excluding tert-OH is 1. The quantitative estimate of drug-likeness (QED) is 0.0815. The van der Waals surface area contributed by atoms with Crippen LogP contribution in [0.3, 0.4) is 0 Å². The van der Waals surface area contributed by atoms with Gasteiger partial charge >= 0.3 is 5.97 Å². The first-order valence-corrected chi connectivity index (χ1v) is 12.2. The van der Waals surface area contributed by atoms with Crippen molar-refractivity contribution in [2.24, 2.45) is 10.8 Å². The number of rotatable bonds is 7. The van der Waals surface area contributed by atoms with E-state index < -0.39 is 18.0 Å². The third-order valence-corrected chi connectivity index (χ3v) is 6.65. The molecule has 7 N–H and O–H groups in total. The summed E-state index contributed by atoms with van der Waals surface area (Å²) in [6.45, 7) is 0.222. The van der Waals surface area contributed by atoms with Gasteiger partial charge < -0.3 is 30.2 Å². The third-order valence-electron chi connectivity index (χ3n) is 5.93. The van der Waals surface area contributed by atoms with Crippen LogP contribution >= 0.6 is 23.2 Å². The van der Waals surface area contributed by atoms with Gasteiger partial charge in [-0.1, -0.05) is 29.3 Å². The fourth-order valence-corrected chi connectivity index (χ4v) is 4.86. The molecule has 0 saturated carbocycles. The van der Waals surface area contributed by atoms with Crippen LogP contribution in [0.25, 0.3) is 11.0 Å². The largest absolute Gasteiger partial charge is 0.478 e. The molecule has 14 heteroatoms. The van der Waals surface area contributed by atoms with E-state index in [0.717, 1.165) is 5.39 Å². The number of carboxylic acid groups (broad SMARTS) is 1. The number of carboxylic acids is 1. The van der Waals surface area contributed by atoms with Crippen LogP contribution in [0.4, 0.5) is 0 Å². The van der Waals surface area contributed by atoms with E-state index in [9.17, 15) is 19.5 Å². The first-order chi connectivity index (χ1) is 18.2. The number of amides is 2. The van der Waals surface area contributed by atoms with E-state index in [-0.39, 0.29) is 47.2 Å². The van der Waals surface area contributed by atoms with Crippen molar-refractivity contribution < 1.29 is 29.0 Å². The number of guanidine groups is 1. The molecule has 0 fully saturated rings. The molecule has 1 aliphatic rings. The highest BCUT2D eigenvalue weighted by molar-refractivity contribution is 6.40. The summed E-state index contributed by atoms with van der Waals surface area (Å²) in [6.07, 6.45) is 0.274. The van der Waals surface area contributed by atoms with E-state index >= 15 is 0 Å². The average molecular weight is 563 g/mol. The highest BCUT2D eigenvalue weighted by Gasteiger charge is 2.30. The van der Waals surface area contributed by atoms with Crippen LogP contribution in [-0.4, -0.2) is 64.7 Å². The molecule has 1 aromatic heterocycles. The molecule has 3 aromatic rings. The van der Waals surface area contributed by atoms with Crippen molar-refractivity contribution in [3.8, 4) is 0 Å². The van der Waals surface area contributed by atoms with Crippen molar-refractivity contribution in [1.82, 2.24) is 21.0 Å². The molecule has 0 spiro atoms. The predicted octanol–water partition coefficient (Wildman–Crippen LogP) is 1.48. The lowest BCUT2D eigenvalue weighted by atomic mass is 9.96. The summed E-state index contributed by atoms with van der Waals surface area (Å²) in [5.74, 6) is 2.69. The molecule has 2 heterocycles. The van der Waals surface area contributed by atoms with Gasteiger partial charge in [0.2, 0.25) is 12.1 Å². The SMILES string of the molecule is NNC(=NCCO)N[C@H](NC(=O)c1c(Cl)cc2c(c1Cl)CCN(C(=O)c1ccc3ccoc3c1)C2)C(=O)O. The molecule has 38 heavy (non-hydrogen) atoms. The second-order valence-electron chi connectivity index (χ2n) is 8.32. The molecule has 2 amide bonds. The molecule has 1 aliphatic heterocycles. The van der Waals surface area contributed by atoms with E-state index in [2.05, 4.69) is 21.1 Å². The zero-order valence-electron chi connectivity index (χ0n) is 19.8. The number of halogens is 2.